The van der Waals surface area contributed by atoms with Gasteiger partial charge in [0.1, 0.15) is 18.0 Å². The summed E-state index contributed by atoms with van der Waals surface area (Å²) in [6.45, 7) is 6.97. The molecule has 1 N–H and O–H groups in total. The topological polar surface area (TPSA) is 67.9 Å². The third-order valence-corrected chi connectivity index (χ3v) is 2.87. The summed E-state index contributed by atoms with van der Waals surface area (Å²) in [5.74, 6) is 0.584. The number of rotatable bonds is 5. The monoisotopic (exact) mass is 308 g/mol. The maximum absolute atomic E-state index is 12.1. The Labute approximate surface area is 131 Å². The molecule has 6 nitrogen and oxygen atoms in total. The number of carbonyl (C=O) groups is 2. The van der Waals surface area contributed by atoms with Gasteiger partial charge in [0.25, 0.3) is 0 Å². The van der Waals surface area contributed by atoms with E-state index in [1.165, 1.54) is 26.0 Å². The number of nitrogens with zero attached hydrogens (tertiary/aromatic N) is 1. The molecular weight excluding hydrogens is 284 g/mol. The van der Waals surface area contributed by atoms with Crippen molar-refractivity contribution in [2.75, 3.05) is 25.7 Å². The van der Waals surface area contributed by atoms with Gasteiger partial charge in [-0.1, -0.05) is 0 Å². The van der Waals surface area contributed by atoms with E-state index < -0.39 is 0 Å². The molecule has 0 unspecified atom stereocenters. The van der Waals surface area contributed by atoms with E-state index in [-0.39, 0.29) is 23.9 Å². The van der Waals surface area contributed by atoms with Crippen molar-refractivity contribution in [1.29, 1.82) is 0 Å². The molecule has 0 aliphatic carbocycles. The van der Waals surface area contributed by atoms with Crippen molar-refractivity contribution in [3.8, 4) is 11.5 Å². The third kappa shape index (κ3) is 4.95. The first kappa shape index (κ1) is 17.8. The molecule has 0 spiro atoms. The molecule has 0 fully saturated rings. The lowest BCUT2D eigenvalue weighted by atomic mass is 10.1. The summed E-state index contributed by atoms with van der Waals surface area (Å²) in [7, 11) is 3.05. The van der Waals surface area contributed by atoms with Crippen molar-refractivity contribution in [3.63, 3.8) is 0 Å². The van der Waals surface area contributed by atoms with Crippen LogP contribution in [0.4, 0.5) is 5.69 Å². The largest absolute Gasteiger partial charge is 0.497 e. The maximum Gasteiger partial charge on any atom is 0.240 e. The lowest BCUT2D eigenvalue weighted by molar-refractivity contribution is -0.124. The standard InChI is InChI=1S/C16H24N2O4/c1-11(19)18(10-15(20)17-16(2,3)4)13-9-12(21-5)7-8-14(13)22-6/h7-9H,10H2,1-6H3,(H,17,20). The maximum atomic E-state index is 12.1. The van der Waals surface area contributed by atoms with Gasteiger partial charge < -0.3 is 14.8 Å². The number of methoxy groups -OCH3 is 2. The summed E-state index contributed by atoms with van der Waals surface area (Å²) in [6, 6.07) is 5.10. The SMILES string of the molecule is COc1ccc(OC)c(N(CC(=O)NC(C)(C)C)C(C)=O)c1. The molecule has 22 heavy (non-hydrogen) atoms. The minimum atomic E-state index is -0.363. The van der Waals surface area contributed by atoms with Gasteiger partial charge in [0.2, 0.25) is 11.8 Å². The van der Waals surface area contributed by atoms with Gasteiger partial charge in [-0.25, -0.2) is 0 Å². The van der Waals surface area contributed by atoms with Crippen LogP contribution >= 0.6 is 0 Å². The zero-order valence-electron chi connectivity index (χ0n) is 14.0. The van der Waals surface area contributed by atoms with Crippen LogP contribution in [0, 0.1) is 0 Å². The summed E-state index contributed by atoms with van der Waals surface area (Å²) in [4.78, 5) is 25.5. The Kier molecular flexibility index (Phi) is 5.79. The van der Waals surface area contributed by atoms with Crippen molar-refractivity contribution in [2.24, 2.45) is 0 Å². The Balaban J connectivity index is 3.10. The Bertz CT molecular complexity index is 550. The highest BCUT2D eigenvalue weighted by Crippen LogP contribution is 2.32. The number of benzene rings is 1. The van der Waals surface area contributed by atoms with Crippen LogP contribution in [-0.4, -0.2) is 38.1 Å². The highest BCUT2D eigenvalue weighted by Gasteiger charge is 2.22. The lowest BCUT2D eigenvalue weighted by Crippen LogP contribution is -2.47. The molecule has 0 saturated carbocycles. The summed E-state index contributed by atoms with van der Waals surface area (Å²) in [6.07, 6.45) is 0. The zero-order valence-corrected chi connectivity index (χ0v) is 14.0. The van der Waals surface area contributed by atoms with Crippen LogP contribution in [0.1, 0.15) is 27.7 Å². The molecule has 1 aromatic rings. The van der Waals surface area contributed by atoms with E-state index in [1.54, 1.807) is 18.2 Å². The van der Waals surface area contributed by atoms with Crippen molar-refractivity contribution >= 4 is 17.5 Å². The van der Waals surface area contributed by atoms with Gasteiger partial charge in [-0.15, -0.1) is 0 Å². The fourth-order valence-corrected chi connectivity index (χ4v) is 1.98. The second-order valence-electron chi connectivity index (χ2n) is 5.94. The van der Waals surface area contributed by atoms with Crippen LogP contribution in [0.3, 0.4) is 0 Å². The molecule has 0 saturated heterocycles. The fraction of sp³-hybridized carbons (Fsp3) is 0.500. The molecule has 1 rings (SSSR count). The van der Waals surface area contributed by atoms with Gasteiger partial charge >= 0.3 is 0 Å². The Hall–Kier alpha value is -2.24. The van der Waals surface area contributed by atoms with Crippen molar-refractivity contribution < 1.29 is 19.1 Å². The van der Waals surface area contributed by atoms with E-state index in [1.807, 2.05) is 20.8 Å². The average molecular weight is 308 g/mol. The average Bonchev–Trinajstić information content (AvgIpc) is 2.41. The number of anilines is 1. The molecule has 0 aliphatic rings. The number of carbonyl (C=O) groups excluding carboxylic acids is 2. The van der Waals surface area contributed by atoms with E-state index in [0.29, 0.717) is 17.2 Å². The van der Waals surface area contributed by atoms with Gasteiger partial charge in [0, 0.05) is 18.5 Å². The first-order valence-electron chi connectivity index (χ1n) is 6.99. The second-order valence-corrected chi connectivity index (χ2v) is 5.94. The smallest absolute Gasteiger partial charge is 0.240 e. The fourth-order valence-electron chi connectivity index (χ4n) is 1.98. The number of hydrogen-bond donors (Lipinski definition) is 1. The van der Waals surface area contributed by atoms with E-state index in [9.17, 15) is 9.59 Å². The van der Waals surface area contributed by atoms with Gasteiger partial charge in [0.05, 0.1) is 19.9 Å². The Morgan fingerprint density at radius 3 is 2.27 bits per heavy atom. The van der Waals surface area contributed by atoms with Crippen LogP contribution in [0.2, 0.25) is 0 Å². The molecule has 122 valence electrons. The van der Waals surface area contributed by atoms with E-state index in [0.717, 1.165) is 0 Å². The first-order valence-corrected chi connectivity index (χ1v) is 6.99. The summed E-state index contributed by atoms with van der Waals surface area (Å²) in [5, 5.41) is 2.84. The number of nitrogens with one attached hydrogen (secondary N) is 1. The Morgan fingerprint density at radius 2 is 1.82 bits per heavy atom. The van der Waals surface area contributed by atoms with E-state index in [4.69, 9.17) is 9.47 Å². The van der Waals surface area contributed by atoms with Crippen LogP contribution in [0.5, 0.6) is 11.5 Å². The first-order chi connectivity index (χ1) is 10.2. The minimum absolute atomic E-state index is 0.0872. The van der Waals surface area contributed by atoms with Crippen molar-refractivity contribution in [3.05, 3.63) is 18.2 Å². The molecular formula is C16H24N2O4. The van der Waals surface area contributed by atoms with Gasteiger partial charge in [0.15, 0.2) is 0 Å². The van der Waals surface area contributed by atoms with Crippen LogP contribution in [-0.2, 0) is 9.59 Å². The number of amides is 2. The Morgan fingerprint density at radius 1 is 1.18 bits per heavy atom. The van der Waals surface area contributed by atoms with E-state index >= 15 is 0 Å². The highest BCUT2D eigenvalue weighted by molar-refractivity contribution is 5.99. The molecule has 0 aliphatic heterocycles. The zero-order chi connectivity index (χ0) is 16.9. The quantitative estimate of drug-likeness (QED) is 0.903. The molecule has 0 radical (unpaired) electrons. The van der Waals surface area contributed by atoms with E-state index in [2.05, 4.69) is 5.32 Å². The predicted molar refractivity (Wildman–Crippen MR) is 85.5 cm³/mol. The third-order valence-electron chi connectivity index (χ3n) is 2.87. The molecule has 0 bridgehead atoms. The molecule has 1 aromatic carbocycles. The lowest BCUT2D eigenvalue weighted by Gasteiger charge is -2.26. The summed E-state index contributed by atoms with van der Waals surface area (Å²) < 4.78 is 10.5. The van der Waals surface area contributed by atoms with Crippen molar-refractivity contribution in [1.82, 2.24) is 5.32 Å². The molecule has 0 heterocycles. The number of ether oxygens (including phenoxy) is 2. The second kappa shape index (κ2) is 7.15. The molecule has 0 atom stereocenters. The predicted octanol–water partition coefficient (Wildman–Crippen LogP) is 1.97. The number of hydrogen-bond acceptors (Lipinski definition) is 4. The molecule has 0 aromatic heterocycles. The summed E-state index contributed by atoms with van der Waals surface area (Å²) >= 11 is 0. The minimum Gasteiger partial charge on any atom is -0.497 e. The molecule has 6 heteroatoms. The van der Waals surface area contributed by atoms with Crippen LogP contribution < -0.4 is 19.7 Å². The normalized spacial score (nSPS) is 10.8. The van der Waals surface area contributed by atoms with Gasteiger partial charge in [-0.3, -0.25) is 14.5 Å². The van der Waals surface area contributed by atoms with Crippen LogP contribution in [0.25, 0.3) is 0 Å². The van der Waals surface area contributed by atoms with Crippen molar-refractivity contribution in [2.45, 2.75) is 33.2 Å². The van der Waals surface area contributed by atoms with Gasteiger partial charge in [-0.05, 0) is 32.9 Å². The van der Waals surface area contributed by atoms with Crippen LogP contribution in [0.15, 0.2) is 18.2 Å². The molecule has 2 amide bonds. The summed E-state index contributed by atoms with van der Waals surface area (Å²) in [5.41, 5.74) is 0.135. The van der Waals surface area contributed by atoms with Gasteiger partial charge in [-0.2, -0.15) is 0 Å². The highest BCUT2D eigenvalue weighted by atomic mass is 16.5.